The summed E-state index contributed by atoms with van der Waals surface area (Å²) >= 11 is 0. The topological polar surface area (TPSA) is 38.3 Å². The zero-order valence-corrected chi connectivity index (χ0v) is 11.4. The molecule has 1 saturated heterocycles. The zero-order valence-electron chi connectivity index (χ0n) is 11.4. The van der Waals surface area contributed by atoms with Crippen molar-refractivity contribution in [1.82, 2.24) is 5.32 Å². The molecule has 1 aromatic rings. The number of ether oxygens (including phenoxy) is 1. The molecule has 1 unspecified atom stereocenters. The van der Waals surface area contributed by atoms with Gasteiger partial charge in [-0.25, -0.2) is 0 Å². The van der Waals surface area contributed by atoms with Crippen molar-refractivity contribution in [2.24, 2.45) is 5.92 Å². The molecule has 104 valence electrons. The van der Waals surface area contributed by atoms with Crippen molar-refractivity contribution in [3.05, 3.63) is 35.9 Å². The van der Waals surface area contributed by atoms with E-state index in [0.29, 0.717) is 6.61 Å². The number of hydrogen-bond acceptors (Lipinski definition) is 2. The Hall–Kier alpha value is -1.35. The van der Waals surface area contributed by atoms with Crippen molar-refractivity contribution in [3.8, 4) is 0 Å². The van der Waals surface area contributed by atoms with Gasteiger partial charge in [-0.15, -0.1) is 0 Å². The quantitative estimate of drug-likeness (QED) is 0.800. The highest BCUT2D eigenvalue weighted by Crippen LogP contribution is 2.17. The van der Waals surface area contributed by atoms with Crippen LogP contribution < -0.4 is 5.32 Å². The Morgan fingerprint density at radius 3 is 2.89 bits per heavy atom. The number of carbonyl (C=O) groups excluding carboxylic acids is 1. The average molecular weight is 261 g/mol. The van der Waals surface area contributed by atoms with Gasteiger partial charge in [0.15, 0.2) is 0 Å². The molecule has 1 aliphatic heterocycles. The first-order chi connectivity index (χ1) is 9.36. The summed E-state index contributed by atoms with van der Waals surface area (Å²) in [6.07, 6.45) is 5.22. The molecule has 0 spiro atoms. The van der Waals surface area contributed by atoms with Gasteiger partial charge in [0.2, 0.25) is 5.91 Å². The second-order valence-electron chi connectivity index (χ2n) is 5.16. The van der Waals surface area contributed by atoms with E-state index in [2.05, 4.69) is 17.4 Å². The van der Waals surface area contributed by atoms with Crippen LogP contribution in [0.3, 0.4) is 0 Å². The van der Waals surface area contributed by atoms with Crippen molar-refractivity contribution < 1.29 is 9.53 Å². The first-order valence-electron chi connectivity index (χ1n) is 7.25. The first-order valence-corrected chi connectivity index (χ1v) is 7.25. The number of rotatable bonds is 6. The average Bonchev–Trinajstić information content (AvgIpc) is 2.65. The Labute approximate surface area is 115 Å². The fourth-order valence-corrected chi connectivity index (χ4v) is 2.47. The van der Waals surface area contributed by atoms with Crippen LogP contribution in [-0.4, -0.2) is 19.1 Å². The molecule has 19 heavy (non-hydrogen) atoms. The molecule has 1 aromatic carbocycles. The Morgan fingerprint density at radius 1 is 1.21 bits per heavy atom. The Bertz CT molecular complexity index is 378. The van der Waals surface area contributed by atoms with E-state index in [9.17, 15) is 4.79 Å². The van der Waals surface area contributed by atoms with Crippen LogP contribution in [0.25, 0.3) is 0 Å². The normalized spacial score (nSPS) is 19.8. The molecular formula is C16H23NO2. The third kappa shape index (κ3) is 5.03. The third-order valence-corrected chi connectivity index (χ3v) is 3.60. The van der Waals surface area contributed by atoms with Gasteiger partial charge in [0, 0.05) is 19.1 Å². The fourth-order valence-electron chi connectivity index (χ4n) is 2.47. The molecule has 0 saturated carbocycles. The summed E-state index contributed by atoms with van der Waals surface area (Å²) in [6, 6.07) is 10.2. The number of benzene rings is 1. The lowest BCUT2D eigenvalue weighted by atomic mass is 9.97. The Morgan fingerprint density at radius 2 is 2.05 bits per heavy atom. The van der Waals surface area contributed by atoms with Crippen molar-refractivity contribution >= 4 is 5.91 Å². The number of carbonyl (C=O) groups is 1. The lowest BCUT2D eigenvalue weighted by Crippen LogP contribution is -2.28. The Balaban J connectivity index is 1.60. The van der Waals surface area contributed by atoms with Gasteiger partial charge < -0.3 is 10.1 Å². The molecule has 3 nitrogen and oxygen atoms in total. The van der Waals surface area contributed by atoms with Crippen LogP contribution in [0.15, 0.2) is 30.3 Å². The van der Waals surface area contributed by atoms with Gasteiger partial charge in [-0.05, 0) is 31.2 Å². The maximum atomic E-state index is 11.7. The smallest absolute Gasteiger partial charge is 0.223 e. The van der Waals surface area contributed by atoms with Crippen LogP contribution in [0.5, 0.6) is 0 Å². The van der Waals surface area contributed by atoms with Gasteiger partial charge in [-0.1, -0.05) is 36.8 Å². The van der Waals surface area contributed by atoms with Crippen LogP contribution in [0.2, 0.25) is 0 Å². The van der Waals surface area contributed by atoms with E-state index in [4.69, 9.17) is 4.74 Å². The zero-order chi connectivity index (χ0) is 13.3. The summed E-state index contributed by atoms with van der Waals surface area (Å²) in [5.41, 5.74) is 1.20. The number of amides is 1. The number of nitrogens with one attached hydrogen (secondary N) is 1. The molecule has 0 bridgehead atoms. The summed E-state index contributed by atoms with van der Waals surface area (Å²) in [5.74, 6) is 0.434. The molecule has 0 radical (unpaired) electrons. The molecule has 0 aromatic heterocycles. The summed E-state index contributed by atoms with van der Waals surface area (Å²) in [6.45, 7) is 2.25. The minimum Gasteiger partial charge on any atom is -0.377 e. The lowest BCUT2D eigenvalue weighted by molar-refractivity contribution is -0.125. The van der Waals surface area contributed by atoms with Crippen LogP contribution in [0.1, 0.15) is 37.7 Å². The fraction of sp³-hybridized carbons (Fsp3) is 0.562. The van der Waals surface area contributed by atoms with Gasteiger partial charge in [-0.2, -0.15) is 0 Å². The van der Waals surface area contributed by atoms with Crippen molar-refractivity contribution in [3.63, 3.8) is 0 Å². The summed E-state index contributed by atoms with van der Waals surface area (Å²) in [4.78, 5) is 11.7. The molecule has 1 heterocycles. The molecule has 2 rings (SSSR count). The second kappa shape index (κ2) is 7.95. The van der Waals surface area contributed by atoms with Gasteiger partial charge >= 0.3 is 0 Å². The van der Waals surface area contributed by atoms with Gasteiger partial charge in [-0.3, -0.25) is 4.79 Å². The largest absolute Gasteiger partial charge is 0.377 e. The second-order valence-corrected chi connectivity index (χ2v) is 5.16. The maximum Gasteiger partial charge on any atom is 0.223 e. The minimum atomic E-state index is 0.197. The molecule has 1 fully saturated rings. The van der Waals surface area contributed by atoms with Gasteiger partial charge in [0.1, 0.15) is 0 Å². The van der Waals surface area contributed by atoms with E-state index in [1.54, 1.807) is 0 Å². The summed E-state index contributed by atoms with van der Waals surface area (Å²) < 4.78 is 5.65. The van der Waals surface area contributed by atoms with E-state index in [-0.39, 0.29) is 11.8 Å². The molecule has 1 atom stereocenters. The van der Waals surface area contributed by atoms with E-state index < -0.39 is 0 Å². The van der Waals surface area contributed by atoms with Crippen LogP contribution in [0, 0.1) is 5.92 Å². The van der Waals surface area contributed by atoms with Crippen molar-refractivity contribution in [1.29, 1.82) is 0 Å². The minimum absolute atomic E-state index is 0.197. The molecular weight excluding hydrogens is 238 g/mol. The van der Waals surface area contributed by atoms with E-state index in [0.717, 1.165) is 45.3 Å². The van der Waals surface area contributed by atoms with Gasteiger partial charge in [0.05, 0.1) is 6.61 Å². The predicted octanol–water partition coefficient (Wildman–Crippen LogP) is 2.90. The van der Waals surface area contributed by atoms with Crippen molar-refractivity contribution in [2.45, 2.75) is 38.7 Å². The van der Waals surface area contributed by atoms with Crippen LogP contribution >= 0.6 is 0 Å². The van der Waals surface area contributed by atoms with Gasteiger partial charge in [0.25, 0.3) is 0 Å². The van der Waals surface area contributed by atoms with Crippen LogP contribution in [-0.2, 0) is 16.1 Å². The molecule has 1 N–H and O–H groups in total. The Kier molecular flexibility index (Phi) is 5.89. The van der Waals surface area contributed by atoms with Crippen molar-refractivity contribution in [2.75, 3.05) is 13.2 Å². The SMILES string of the molecule is O=C1NCCCCC1CCCOCc1ccccc1. The van der Waals surface area contributed by atoms with Crippen LogP contribution in [0.4, 0.5) is 0 Å². The molecule has 0 aliphatic carbocycles. The number of hydrogen-bond donors (Lipinski definition) is 1. The lowest BCUT2D eigenvalue weighted by Gasteiger charge is -2.12. The summed E-state index contributed by atoms with van der Waals surface area (Å²) in [7, 11) is 0. The maximum absolute atomic E-state index is 11.7. The predicted molar refractivity (Wildman–Crippen MR) is 75.7 cm³/mol. The highest BCUT2D eigenvalue weighted by Gasteiger charge is 2.19. The molecule has 1 aliphatic rings. The summed E-state index contributed by atoms with van der Waals surface area (Å²) in [5, 5.41) is 2.98. The first kappa shape index (κ1) is 14.1. The highest BCUT2D eigenvalue weighted by molar-refractivity contribution is 5.78. The monoisotopic (exact) mass is 261 g/mol. The van der Waals surface area contributed by atoms with E-state index in [1.807, 2.05) is 18.2 Å². The highest BCUT2D eigenvalue weighted by atomic mass is 16.5. The molecule has 1 amide bonds. The third-order valence-electron chi connectivity index (χ3n) is 3.60. The molecule has 3 heteroatoms. The standard InChI is InChI=1S/C16H23NO2/c18-16-15(9-4-5-11-17-16)10-6-12-19-13-14-7-2-1-3-8-14/h1-3,7-8,15H,4-6,9-13H2,(H,17,18). The van der Waals surface area contributed by atoms with E-state index in [1.165, 1.54) is 5.56 Å². The van der Waals surface area contributed by atoms with E-state index >= 15 is 0 Å².